The number of allylic oxidation sites excluding steroid dienone is 3. The zero-order valence-corrected chi connectivity index (χ0v) is 11.7. The Kier molecular flexibility index (Phi) is 7.28. The molecule has 0 aliphatic heterocycles. The lowest BCUT2D eigenvalue weighted by molar-refractivity contribution is 0.423. The fourth-order valence-electron chi connectivity index (χ4n) is 1.69. The number of aliphatic hydroxyl groups is 1. The van der Waals surface area contributed by atoms with Crippen LogP contribution in [0.2, 0.25) is 0 Å². The van der Waals surface area contributed by atoms with Gasteiger partial charge < -0.3 is 5.11 Å². The van der Waals surface area contributed by atoms with E-state index in [2.05, 4.69) is 12.1 Å². The molecule has 0 atom stereocenters. The van der Waals surface area contributed by atoms with Gasteiger partial charge in [-0.05, 0) is 49.8 Å². The molecule has 18 heavy (non-hydrogen) atoms. The second-order valence-electron chi connectivity index (χ2n) is 4.42. The van der Waals surface area contributed by atoms with Crippen LogP contribution >= 0.6 is 11.6 Å². The number of halogens is 1. The number of aliphatic hydroxyl groups excluding tert-OH is 1. The van der Waals surface area contributed by atoms with Gasteiger partial charge in [-0.3, -0.25) is 0 Å². The summed E-state index contributed by atoms with van der Waals surface area (Å²) in [6.45, 7) is 1.96. The van der Waals surface area contributed by atoms with Crippen molar-refractivity contribution in [2.45, 2.75) is 32.6 Å². The minimum absolute atomic E-state index is 0.379. The Balaban J connectivity index is 2.46. The van der Waals surface area contributed by atoms with Gasteiger partial charge in [-0.2, -0.15) is 0 Å². The molecule has 0 spiro atoms. The summed E-state index contributed by atoms with van der Waals surface area (Å²) >= 11 is 5.60. The number of benzene rings is 1. The van der Waals surface area contributed by atoms with Gasteiger partial charge in [-0.1, -0.05) is 36.4 Å². The Morgan fingerprint density at radius 2 is 1.94 bits per heavy atom. The lowest BCUT2D eigenvalue weighted by atomic mass is 10.1. The van der Waals surface area contributed by atoms with Crippen molar-refractivity contribution in [3.8, 4) is 0 Å². The molecule has 0 amide bonds. The van der Waals surface area contributed by atoms with Crippen molar-refractivity contribution in [3.63, 3.8) is 0 Å². The highest BCUT2D eigenvalue weighted by molar-refractivity contribution is 6.17. The highest BCUT2D eigenvalue weighted by atomic mass is 35.5. The summed E-state index contributed by atoms with van der Waals surface area (Å²) in [5, 5.41) is 9.90. The van der Waals surface area contributed by atoms with E-state index in [1.807, 2.05) is 31.2 Å². The minimum Gasteiger partial charge on any atom is -0.508 e. The van der Waals surface area contributed by atoms with Gasteiger partial charge in [-0.15, -0.1) is 11.6 Å². The maximum absolute atomic E-state index is 9.90. The molecular formula is C16H21ClO. The van der Waals surface area contributed by atoms with Gasteiger partial charge in [0.1, 0.15) is 5.76 Å². The summed E-state index contributed by atoms with van der Waals surface area (Å²) in [5.41, 5.74) is 2.21. The zero-order valence-electron chi connectivity index (χ0n) is 10.9. The third-order valence-electron chi connectivity index (χ3n) is 2.78. The van der Waals surface area contributed by atoms with Crippen LogP contribution in [0.4, 0.5) is 0 Å². The highest BCUT2D eigenvalue weighted by Crippen LogP contribution is 2.11. The van der Waals surface area contributed by atoms with Crippen LogP contribution in [0.5, 0.6) is 0 Å². The van der Waals surface area contributed by atoms with Crippen LogP contribution in [0.3, 0.4) is 0 Å². The van der Waals surface area contributed by atoms with Crippen LogP contribution in [-0.4, -0.2) is 11.0 Å². The largest absolute Gasteiger partial charge is 0.508 e. The van der Waals surface area contributed by atoms with Crippen LogP contribution in [0.25, 0.3) is 0 Å². The van der Waals surface area contributed by atoms with Gasteiger partial charge in [0.15, 0.2) is 0 Å². The molecule has 0 saturated heterocycles. The molecule has 0 aromatic heterocycles. The standard InChI is InChI=1S/C16H21ClO/c1-14(13-15-9-5-4-6-10-15)16(18)11-7-2-3-8-12-17/h4-7,9-11,18H,2-3,8,12-13H2,1H3/b11-7-,16-14-. The first-order valence-corrected chi connectivity index (χ1v) is 6.92. The first-order chi connectivity index (χ1) is 8.74. The van der Waals surface area contributed by atoms with Crippen molar-refractivity contribution in [1.82, 2.24) is 0 Å². The van der Waals surface area contributed by atoms with Gasteiger partial charge >= 0.3 is 0 Å². The molecule has 0 fully saturated rings. The van der Waals surface area contributed by atoms with Gasteiger partial charge in [0.2, 0.25) is 0 Å². The SMILES string of the molecule is C/C(Cc1ccccc1)=C(O)\C=C/CCCCCl. The fraction of sp³-hybridized carbons (Fsp3) is 0.375. The minimum atomic E-state index is 0.379. The van der Waals surface area contributed by atoms with Gasteiger partial charge in [0, 0.05) is 5.88 Å². The summed E-state index contributed by atoms with van der Waals surface area (Å²) < 4.78 is 0. The van der Waals surface area contributed by atoms with Crippen LogP contribution in [-0.2, 0) is 6.42 Å². The maximum Gasteiger partial charge on any atom is 0.114 e. The van der Waals surface area contributed by atoms with Crippen LogP contribution in [0.1, 0.15) is 31.7 Å². The molecular weight excluding hydrogens is 244 g/mol. The molecule has 0 bridgehead atoms. The van der Waals surface area contributed by atoms with E-state index in [1.165, 1.54) is 5.56 Å². The van der Waals surface area contributed by atoms with Crippen LogP contribution < -0.4 is 0 Å². The average Bonchev–Trinajstić information content (AvgIpc) is 2.39. The number of unbranched alkanes of at least 4 members (excludes halogenated alkanes) is 2. The van der Waals surface area contributed by atoms with Crippen LogP contribution in [0.15, 0.2) is 53.8 Å². The van der Waals surface area contributed by atoms with Gasteiger partial charge in [0.05, 0.1) is 0 Å². The second-order valence-corrected chi connectivity index (χ2v) is 4.79. The number of rotatable bonds is 7. The maximum atomic E-state index is 9.90. The summed E-state index contributed by atoms with van der Waals surface area (Å²) in [4.78, 5) is 0. The van der Waals surface area contributed by atoms with E-state index in [-0.39, 0.29) is 0 Å². The fourth-order valence-corrected chi connectivity index (χ4v) is 1.88. The lowest BCUT2D eigenvalue weighted by Gasteiger charge is -2.03. The normalized spacial score (nSPS) is 12.8. The van der Waals surface area contributed by atoms with Gasteiger partial charge in [-0.25, -0.2) is 0 Å². The van der Waals surface area contributed by atoms with Crippen molar-refractivity contribution in [1.29, 1.82) is 0 Å². The molecule has 1 N–H and O–H groups in total. The molecule has 1 nitrogen and oxygen atoms in total. The highest BCUT2D eigenvalue weighted by Gasteiger charge is 1.98. The van der Waals surface area contributed by atoms with E-state index in [1.54, 1.807) is 6.08 Å². The predicted molar refractivity (Wildman–Crippen MR) is 79.2 cm³/mol. The molecule has 0 aliphatic rings. The number of hydrogen-bond acceptors (Lipinski definition) is 1. The van der Waals surface area contributed by atoms with Crippen molar-refractivity contribution in [2.24, 2.45) is 0 Å². The Labute approximate surface area is 115 Å². The van der Waals surface area contributed by atoms with Gasteiger partial charge in [0.25, 0.3) is 0 Å². The van der Waals surface area contributed by atoms with E-state index < -0.39 is 0 Å². The predicted octanol–water partition coefficient (Wildman–Crippen LogP) is 5.03. The third kappa shape index (κ3) is 5.92. The number of hydrogen-bond donors (Lipinski definition) is 1. The van der Waals surface area contributed by atoms with E-state index >= 15 is 0 Å². The molecule has 0 heterocycles. The molecule has 1 aromatic carbocycles. The summed E-state index contributed by atoms with van der Waals surface area (Å²) in [5.74, 6) is 1.09. The lowest BCUT2D eigenvalue weighted by Crippen LogP contribution is -1.90. The third-order valence-corrected chi connectivity index (χ3v) is 3.05. The Morgan fingerprint density at radius 3 is 2.61 bits per heavy atom. The molecule has 0 unspecified atom stereocenters. The van der Waals surface area contributed by atoms with Crippen molar-refractivity contribution >= 4 is 11.6 Å². The molecule has 0 radical (unpaired) electrons. The quantitative estimate of drug-likeness (QED) is 0.317. The monoisotopic (exact) mass is 264 g/mol. The van der Waals surface area contributed by atoms with Crippen molar-refractivity contribution < 1.29 is 5.11 Å². The van der Waals surface area contributed by atoms with Crippen molar-refractivity contribution in [3.05, 3.63) is 59.4 Å². The van der Waals surface area contributed by atoms with E-state index in [0.717, 1.165) is 31.3 Å². The second kappa shape index (κ2) is 8.82. The van der Waals surface area contributed by atoms with Crippen LogP contribution in [0, 0.1) is 0 Å². The molecule has 1 rings (SSSR count). The molecule has 1 aromatic rings. The molecule has 2 heteroatoms. The summed E-state index contributed by atoms with van der Waals surface area (Å²) in [7, 11) is 0. The molecule has 0 aliphatic carbocycles. The summed E-state index contributed by atoms with van der Waals surface area (Å²) in [6.07, 6.45) is 7.67. The summed E-state index contributed by atoms with van der Waals surface area (Å²) in [6, 6.07) is 10.2. The van der Waals surface area contributed by atoms with Crippen molar-refractivity contribution in [2.75, 3.05) is 5.88 Å². The Bertz CT molecular complexity index is 393. The van der Waals surface area contributed by atoms with E-state index in [4.69, 9.17) is 11.6 Å². The van der Waals surface area contributed by atoms with E-state index in [0.29, 0.717) is 11.6 Å². The Morgan fingerprint density at radius 1 is 1.22 bits per heavy atom. The first kappa shape index (κ1) is 14.8. The average molecular weight is 265 g/mol. The number of alkyl halides is 1. The first-order valence-electron chi connectivity index (χ1n) is 6.39. The molecule has 0 saturated carbocycles. The topological polar surface area (TPSA) is 20.2 Å². The van der Waals surface area contributed by atoms with E-state index in [9.17, 15) is 5.11 Å². The smallest absolute Gasteiger partial charge is 0.114 e. The zero-order chi connectivity index (χ0) is 13.2. The molecule has 98 valence electrons. The Hall–Kier alpha value is -1.21.